The normalized spacial score (nSPS) is 16.4. The molecular formula is C15H20N2O3. The molecule has 1 aromatic rings. The van der Waals surface area contributed by atoms with E-state index in [4.69, 9.17) is 9.84 Å². The number of hydrogen-bond acceptors (Lipinski definition) is 4. The van der Waals surface area contributed by atoms with Gasteiger partial charge in [-0.3, -0.25) is 9.69 Å². The number of amides is 1. The van der Waals surface area contributed by atoms with Gasteiger partial charge in [0, 0.05) is 32.3 Å². The average Bonchev–Trinajstić information content (AvgIpc) is 2.48. The zero-order chi connectivity index (χ0) is 14.2. The van der Waals surface area contributed by atoms with Crippen molar-refractivity contribution in [3.63, 3.8) is 0 Å². The van der Waals surface area contributed by atoms with E-state index in [0.29, 0.717) is 6.54 Å². The average molecular weight is 276 g/mol. The van der Waals surface area contributed by atoms with Gasteiger partial charge in [0.15, 0.2) is 0 Å². The number of rotatable bonds is 5. The second-order valence-electron chi connectivity index (χ2n) is 4.67. The Labute approximate surface area is 118 Å². The second kappa shape index (κ2) is 7.67. The summed E-state index contributed by atoms with van der Waals surface area (Å²) in [6.07, 6.45) is 3.23. The summed E-state index contributed by atoms with van der Waals surface area (Å²) in [5.41, 5.74) is 0.881. The van der Waals surface area contributed by atoms with Gasteiger partial charge in [-0.2, -0.15) is 0 Å². The third-order valence-corrected chi connectivity index (χ3v) is 3.15. The Kier molecular flexibility index (Phi) is 5.58. The van der Waals surface area contributed by atoms with Gasteiger partial charge in [0.05, 0.1) is 13.2 Å². The van der Waals surface area contributed by atoms with Crippen LogP contribution >= 0.6 is 0 Å². The molecule has 2 rings (SSSR count). The van der Waals surface area contributed by atoms with Gasteiger partial charge in [-0.25, -0.2) is 0 Å². The number of nitrogens with zero attached hydrogens (tertiary/aromatic N) is 1. The lowest BCUT2D eigenvalue weighted by molar-refractivity contribution is -0.116. The van der Waals surface area contributed by atoms with Gasteiger partial charge in [0.25, 0.3) is 0 Å². The number of carbonyl (C=O) groups excluding carboxylic acids is 1. The van der Waals surface area contributed by atoms with E-state index >= 15 is 0 Å². The highest BCUT2D eigenvalue weighted by Gasteiger charge is 2.09. The fourth-order valence-corrected chi connectivity index (χ4v) is 1.98. The molecule has 108 valence electrons. The predicted octanol–water partition coefficient (Wildman–Crippen LogP) is 0.854. The van der Waals surface area contributed by atoms with Crippen molar-refractivity contribution in [2.75, 3.05) is 39.4 Å². The molecule has 1 heterocycles. The fraction of sp³-hybridized carbons (Fsp3) is 0.400. The van der Waals surface area contributed by atoms with Crippen LogP contribution in [0.3, 0.4) is 0 Å². The summed E-state index contributed by atoms with van der Waals surface area (Å²) in [6.45, 7) is 4.89. The Morgan fingerprint density at radius 1 is 1.30 bits per heavy atom. The van der Waals surface area contributed by atoms with Crippen molar-refractivity contribution in [2.45, 2.75) is 0 Å². The minimum absolute atomic E-state index is 0.105. The van der Waals surface area contributed by atoms with E-state index in [1.165, 1.54) is 6.08 Å². The molecule has 1 aliphatic rings. The Hall–Kier alpha value is -1.85. The number of phenolic OH excluding ortho intramolecular Hbond substituents is 1. The number of ether oxygens (including phenoxy) is 1. The quantitative estimate of drug-likeness (QED) is 0.783. The summed E-state index contributed by atoms with van der Waals surface area (Å²) in [6, 6.07) is 6.70. The SMILES string of the molecule is O=C(/C=C/c1ccc(O)cc1)NCCN1CCOCC1. The predicted molar refractivity (Wildman–Crippen MR) is 77.4 cm³/mol. The van der Waals surface area contributed by atoms with Crippen LogP contribution in [-0.2, 0) is 9.53 Å². The molecule has 5 nitrogen and oxygen atoms in total. The molecule has 0 unspecified atom stereocenters. The molecule has 2 N–H and O–H groups in total. The van der Waals surface area contributed by atoms with Crippen molar-refractivity contribution in [3.05, 3.63) is 35.9 Å². The van der Waals surface area contributed by atoms with Crippen LogP contribution in [0.2, 0.25) is 0 Å². The van der Waals surface area contributed by atoms with Gasteiger partial charge >= 0.3 is 0 Å². The second-order valence-corrected chi connectivity index (χ2v) is 4.67. The number of benzene rings is 1. The van der Waals surface area contributed by atoms with Crippen molar-refractivity contribution in [2.24, 2.45) is 0 Å². The molecule has 1 fully saturated rings. The maximum Gasteiger partial charge on any atom is 0.244 e. The van der Waals surface area contributed by atoms with Crippen LogP contribution in [0.25, 0.3) is 6.08 Å². The van der Waals surface area contributed by atoms with Crippen LogP contribution in [-0.4, -0.2) is 55.3 Å². The van der Waals surface area contributed by atoms with Gasteiger partial charge in [0.1, 0.15) is 5.75 Å². The molecule has 1 aromatic carbocycles. The van der Waals surface area contributed by atoms with Gasteiger partial charge in [-0.15, -0.1) is 0 Å². The van der Waals surface area contributed by atoms with Gasteiger partial charge in [0.2, 0.25) is 5.91 Å². The standard InChI is InChI=1S/C15H20N2O3/c18-14-4-1-13(2-5-14)3-6-15(19)16-7-8-17-9-11-20-12-10-17/h1-6,18H,7-12H2,(H,16,19)/b6-3+. The summed E-state index contributed by atoms with van der Waals surface area (Å²) in [5, 5.41) is 12.0. The highest BCUT2D eigenvalue weighted by molar-refractivity contribution is 5.91. The first kappa shape index (κ1) is 14.6. The number of carbonyl (C=O) groups is 1. The summed E-state index contributed by atoms with van der Waals surface area (Å²) < 4.78 is 5.27. The monoisotopic (exact) mass is 276 g/mol. The van der Waals surface area contributed by atoms with E-state index in [1.807, 2.05) is 0 Å². The van der Waals surface area contributed by atoms with Crippen LogP contribution in [0.15, 0.2) is 30.3 Å². The molecule has 0 bridgehead atoms. The lowest BCUT2D eigenvalue weighted by atomic mass is 10.2. The zero-order valence-electron chi connectivity index (χ0n) is 11.4. The van der Waals surface area contributed by atoms with Crippen LogP contribution in [0, 0.1) is 0 Å². The Bertz CT molecular complexity index is 451. The summed E-state index contributed by atoms with van der Waals surface area (Å²) >= 11 is 0. The van der Waals surface area contributed by atoms with Gasteiger partial charge < -0.3 is 15.2 Å². The van der Waals surface area contributed by atoms with E-state index in [2.05, 4.69) is 10.2 Å². The Morgan fingerprint density at radius 2 is 2.00 bits per heavy atom. The third-order valence-electron chi connectivity index (χ3n) is 3.15. The Morgan fingerprint density at radius 3 is 2.70 bits per heavy atom. The van der Waals surface area contributed by atoms with Crippen molar-refractivity contribution in [3.8, 4) is 5.75 Å². The largest absolute Gasteiger partial charge is 0.508 e. The van der Waals surface area contributed by atoms with E-state index < -0.39 is 0 Å². The molecule has 1 aliphatic heterocycles. The molecule has 0 atom stereocenters. The highest BCUT2D eigenvalue weighted by atomic mass is 16.5. The molecule has 1 amide bonds. The Balaban J connectivity index is 1.68. The fourth-order valence-electron chi connectivity index (χ4n) is 1.98. The summed E-state index contributed by atoms with van der Waals surface area (Å²) in [7, 11) is 0. The van der Waals surface area contributed by atoms with E-state index in [0.717, 1.165) is 38.4 Å². The topological polar surface area (TPSA) is 61.8 Å². The number of hydrogen-bond donors (Lipinski definition) is 2. The molecule has 5 heteroatoms. The van der Waals surface area contributed by atoms with Crippen LogP contribution in [0.4, 0.5) is 0 Å². The first-order valence-corrected chi connectivity index (χ1v) is 6.79. The van der Waals surface area contributed by atoms with Crippen molar-refractivity contribution in [1.29, 1.82) is 0 Å². The maximum absolute atomic E-state index is 11.6. The summed E-state index contributed by atoms with van der Waals surface area (Å²) in [4.78, 5) is 13.9. The van der Waals surface area contributed by atoms with E-state index in [1.54, 1.807) is 30.3 Å². The zero-order valence-corrected chi connectivity index (χ0v) is 11.4. The number of morpholine rings is 1. The molecule has 1 saturated heterocycles. The highest BCUT2D eigenvalue weighted by Crippen LogP contribution is 2.10. The first-order chi connectivity index (χ1) is 9.74. The summed E-state index contributed by atoms with van der Waals surface area (Å²) in [5.74, 6) is 0.114. The first-order valence-electron chi connectivity index (χ1n) is 6.79. The number of nitrogens with one attached hydrogen (secondary N) is 1. The number of aromatic hydroxyl groups is 1. The van der Waals surface area contributed by atoms with Crippen LogP contribution in [0.1, 0.15) is 5.56 Å². The number of phenols is 1. The molecule has 0 spiro atoms. The molecule has 0 radical (unpaired) electrons. The molecule has 0 saturated carbocycles. The molecule has 20 heavy (non-hydrogen) atoms. The lowest BCUT2D eigenvalue weighted by Gasteiger charge is -2.26. The molecular weight excluding hydrogens is 256 g/mol. The minimum Gasteiger partial charge on any atom is -0.508 e. The maximum atomic E-state index is 11.6. The molecule has 0 aliphatic carbocycles. The van der Waals surface area contributed by atoms with Crippen molar-refractivity contribution >= 4 is 12.0 Å². The van der Waals surface area contributed by atoms with Gasteiger partial charge in [-0.05, 0) is 23.8 Å². The van der Waals surface area contributed by atoms with Crippen LogP contribution < -0.4 is 5.32 Å². The lowest BCUT2D eigenvalue weighted by Crippen LogP contribution is -2.41. The van der Waals surface area contributed by atoms with E-state index in [9.17, 15) is 4.79 Å². The van der Waals surface area contributed by atoms with Crippen molar-refractivity contribution in [1.82, 2.24) is 10.2 Å². The van der Waals surface area contributed by atoms with Gasteiger partial charge in [-0.1, -0.05) is 12.1 Å². The molecule has 0 aromatic heterocycles. The van der Waals surface area contributed by atoms with Crippen molar-refractivity contribution < 1.29 is 14.6 Å². The minimum atomic E-state index is -0.105. The van der Waals surface area contributed by atoms with E-state index in [-0.39, 0.29) is 11.7 Å². The smallest absolute Gasteiger partial charge is 0.244 e. The third kappa shape index (κ3) is 5.03. The van der Waals surface area contributed by atoms with Crippen LogP contribution in [0.5, 0.6) is 5.75 Å².